The van der Waals surface area contributed by atoms with Gasteiger partial charge in [0.05, 0.1) is 30.4 Å². The maximum atomic E-state index is 9.61. The third-order valence-corrected chi connectivity index (χ3v) is 14.7. The van der Waals surface area contributed by atoms with Gasteiger partial charge in [0.15, 0.2) is 0 Å². The van der Waals surface area contributed by atoms with E-state index in [1.54, 1.807) is 27.3 Å². The molecule has 0 saturated carbocycles. The minimum absolute atomic E-state index is 0. The second kappa shape index (κ2) is 19.0. The van der Waals surface area contributed by atoms with E-state index in [1.165, 1.54) is 0 Å². The molecule has 0 bridgehead atoms. The number of rotatable bonds is 8. The van der Waals surface area contributed by atoms with Crippen molar-refractivity contribution in [1.82, 2.24) is 14.1 Å². The summed E-state index contributed by atoms with van der Waals surface area (Å²) < 4.78 is 118. The molecule has 0 radical (unpaired) electrons. The maximum absolute atomic E-state index is 9.61. The van der Waals surface area contributed by atoms with Crippen LogP contribution >= 0.6 is 0 Å². The quantitative estimate of drug-likeness (QED) is 0.0864. The molecule has 0 aliphatic carbocycles. The Morgan fingerprint density at radius 3 is 1.97 bits per heavy atom. The summed E-state index contributed by atoms with van der Waals surface area (Å²) in [6.45, 7) is 6.16. The molecule has 0 saturated heterocycles. The van der Waals surface area contributed by atoms with Crippen LogP contribution < -0.4 is 35.2 Å². The smallest absolute Gasteiger partial charge is 0.268 e. The van der Waals surface area contributed by atoms with Gasteiger partial charge < -0.3 is 23.3 Å². The van der Waals surface area contributed by atoms with Crippen molar-refractivity contribution in [2.75, 3.05) is 0 Å². The number of pyridine rings is 1. The van der Waals surface area contributed by atoms with Gasteiger partial charge in [-0.3, -0.25) is 4.57 Å². The van der Waals surface area contributed by atoms with Gasteiger partial charge in [0.1, 0.15) is 28.8 Å². The van der Waals surface area contributed by atoms with Crippen molar-refractivity contribution in [3.8, 4) is 85.1 Å². The predicted octanol–water partition coefficient (Wildman–Crippen LogP) is 14.6. The first-order valence-corrected chi connectivity index (χ1v) is 25.6. The van der Waals surface area contributed by atoms with E-state index in [1.807, 2.05) is 134 Å². The Labute approximate surface area is 487 Å². The molecule has 0 spiro atoms. The van der Waals surface area contributed by atoms with Crippen molar-refractivity contribution in [3.63, 3.8) is 0 Å². The Kier molecular flexibility index (Phi) is 9.25. The average molecular weight is 1210 g/mol. The summed E-state index contributed by atoms with van der Waals surface area (Å²) in [5, 5.41) is 1.99. The first-order chi connectivity index (χ1) is 42.4. The molecule has 0 unspecified atom stereocenters. The first kappa shape index (κ1) is 38.3. The predicted molar refractivity (Wildman–Crippen MR) is 313 cm³/mol. The normalized spacial score (nSPS) is 14.1. The van der Waals surface area contributed by atoms with Crippen LogP contribution in [0.4, 0.5) is 0 Å². The molecule has 0 amide bonds. The van der Waals surface area contributed by atoms with E-state index in [2.05, 4.69) is 62.0 Å². The van der Waals surface area contributed by atoms with E-state index in [-0.39, 0.29) is 61.1 Å². The second-order valence-corrected chi connectivity index (χ2v) is 20.3. The number of para-hydroxylation sites is 5. The zero-order valence-electron chi connectivity index (χ0n) is 52.6. The SMILES string of the molecule is [2H]c1c([2H])c([2H])c(-c2cc(-c3ccc4c5c3Oc3ccccc3B5c3ccccc3O4)cc(-c3c([2H])c([2H])c([2H])c([2H])c3[2H])c2-[n+]2[c-]n(-c3[c-]c(Oc4[c-]c5c(cc4)c4ccccc4n5-c4cc(C(C)(C)C)ccn4)ccc3)c3ccccc32)c([2H])c1[2H].[Pt]. The number of hydrogen-bond donors (Lipinski definition) is 0. The Hall–Kier alpha value is -9.23. The van der Waals surface area contributed by atoms with Crippen molar-refractivity contribution in [1.29, 1.82) is 0 Å². The van der Waals surface area contributed by atoms with E-state index in [0.29, 0.717) is 62.3 Å². The Morgan fingerprint density at radius 1 is 0.582 bits per heavy atom. The first-order valence-electron chi connectivity index (χ1n) is 30.6. The number of benzene rings is 10. The molecular weight excluding hydrogens is 1150 g/mol. The molecule has 10 aromatic carbocycles. The van der Waals surface area contributed by atoms with Crippen molar-refractivity contribution in [3.05, 3.63) is 254 Å². The molecule has 9 heteroatoms. The zero-order chi connectivity index (χ0) is 60.8. The molecule has 2 aliphatic rings. The second-order valence-electron chi connectivity index (χ2n) is 20.3. The molecule has 15 rings (SSSR count). The summed E-state index contributed by atoms with van der Waals surface area (Å²) in [6, 6.07) is 52.7. The fraction of sp³-hybridized carbons (Fsp3) is 0.0571. The van der Waals surface area contributed by atoms with Crippen molar-refractivity contribution in [2.24, 2.45) is 0 Å². The van der Waals surface area contributed by atoms with Gasteiger partial charge in [-0.15, -0.1) is 29.7 Å². The van der Waals surface area contributed by atoms with Crippen LogP contribution in [0.1, 0.15) is 40.0 Å². The minimum atomic E-state index is -0.615. The zero-order valence-corrected chi connectivity index (χ0v) is 44.8. The number of hydrogen-bond acceptors (Lipinski definition) is 4. The van der Waals surface area contributed by atoms with Gasteiger partial charge >= 0.3 is 0 Å². The third kappa shape index (κ3) is 8.08. The Morgan fingerprint density at radius 2 is 1.24 bits per heavy atom. The van der Waals surface area contributed by atoms with Gasteiger partial charge in [0.25, 0.3) is 13.0 Å². The Bertz CT molecular complexity index is 5020. The molecule has 380 valence electrons. The van der Waals surface area contributed by atoms with E-state index in [0.717, 1.165) is 49.6 Å². The van der Waals surface area contributed by atoms with Crippen molar-refractivity contribution in [2.45, 2.75) is 26.2 Å². The number of fused-ring (bicyclic) bond motifs is 8. The topological polar surface area (TPSA) is 54.3 Å². The van der Waals surface area contributed by atoms with Crippen LogP contribution in [0.15, 0.2) is 230 Å². The molecule has 5 heterocycles. The number of nitrogens with zero attached hydrogens (tertiary/aromatic N) is 4. The molecule has 3 aromatic heterocycles. The van der Waals surface area contributed by atoms with E-state index < -0.39 is 60.4 Å². The molecule has 79 heavy (non-hydrogen) atoms. The monoisotopic (exact) mass is 1210 g/mol. The van der Waals surface area contributed by atoms with E-state index >= 15 is 0 Å². The van der Waals surface area contributed by atoms with Crippen LogP contribution in [-0.2, 0) is 26.5 Å². The molecule has 13 aromatic rings. The van der Waals surface area contributed by atoms with Crippen molar-refractivity contribution >= 4 is 55.9 Å². The van der Waals surface area contributed by atoms with Gasteiger partial charge in [-0.05, 0) is 115 Å². The van der Waals surface area contributed by atoms with Gasteiger partial charge in [-0.1, -0.05) is 166 Å². The molecule has 0 N–H and O–H groups in total. The van der Waals surface area contributed by atoms with Crippen LogP contribution in [0.2, 0.25) is 0 Å². The molecule has 2 aliphatic heterocycles. The van der Waals surface area contributed by atoms with Crippen LogP contribution in [0.3, 0.4) is 0 Å². The third-order valence-electron chi connectivity index (χ3n) is 14.7. The fourth-order valence-corrected chi connectivity index (χ4v) is 11.1. The van der Waals surface area contributed by atoms with Crippen LogP contribution in [0, 0.1) is 18.5 Å². The maximum Gasteiger partial charge on any atom is 0.268 e. The molecular formula is C70H47BN4O3Pt-2. The summed E-state index contributed by atoms with van der Waals surface area (Å²) in [5.41, 5.74) is 7.43. The summed E-state index contributed by atoms with van der Waals surface area (Å²) in [5.74, 6) is 3.73. The average Bonchev–Trinajstić information content (AvgIpc) is 1.10. The van der Waals surface area contributed by atoms with E-state index in [4.69, 9.17) is 27.4 Å². The number of ether oxygens (including phenoxy) is 3. The van der Waals surface area contributed by atoms with Crippen molar-refractivity contribution < 1.29 is 53.6 Å². The molecule has 7 nitrogen and oxygen atoms in total. The van der Waals surface area contributed by atoms with Crippen LogP contribution in [-0.4, -0.2) is 20.8 Å². The number of aromatic nitrogens is 4. The van der Waals surface area contributed by atoms with Gasteiger partial charge in [-0.25, -0.2) is 4.98 Å². The van der Waals surface area contributed by atoms with Gasteiger partial charge in [-0.2, -0.15) is 18.2 Å². The standard InChI is InChI=1S/C70H47BN4O3.Pt/c1-70(2,3)48-37-38-72-66(41-48)75-59-28-13-10-25-53(59)54-34-33-51(43-62(54)75)76-50-24-18-23-49(42-50)73-44-74(61-30-15-14-29-60(61)73)68-55(45-19-6-4-7-20-45)39-47(40-56(68)46-21-8-5-9-22-46)52-35-36-65-67-69(52)78-64-32-17-12-27-58(64)71(67)57-26-11-16-31-63(57)77-65;/h4-41H,1-3H3;/q-2;/i4D,5D,6D,7D,8D,9D,19D,20D,21D,22D;. The Balaban J connectivity index is 0.00000694. The van der Waals surface area contributed by atoms with Crippen LogP contribution in [0.5, 0.6) is 34.5 Å². The minimum Gasteiger partial charge on any atom is -0.510 e. The largest absolute Gasteiger partial charge is 0.510 e. The number of imidazole rings is 1. The van der Waals surface area contributed by atoms with Gasteiger partial charge in [0.2, 0.25) is 0 Å². The summed E-state index contributed by atoms with van der Waals surface area (Å²) >= 11 is 0. The molecule has 0 atom stereocenters. The summed E-state index contributed by atoms with van der Waals surface area (Å²) in [4.78, 5) is 4.84. The van der Waals surface area contributed by atoms with Gasteiger partial charge in [0, 0.05) is 55.3 Å². The summed E-state index contributed by atoms with van der Waals surface area (Å²) in [7, 11) is 0. The van der Waals surface area contributed by atoms with Crippen LogP contribution in [0.25, 0.3) is 83.4 Å². The van der Waals surface area contributed by atoms with E-state index in [9.17, 15) is 5.48 Å². The summed E-state index contributed by atoms with van der Waals surface area (Å²) in [6.07, 6.45) is 5.34. The fourth-order valence-electron chi connectivity index (χ4n) is 11.1. The molecule has 0 fully saturated rings.